The van der Waals surface area contributed by atoms with Gasteiger partial charge in [-0.05, 0) is 25.3 Å². The topological polar surface area (TPSA) is 75.4 Å². The molecule has 2 aromatic rings. The molecule has 1 aromatic heterocycles. The highest BCUT2D eigenvalue weighted by Gasteiger charge is 2.41. The van der Waals surface area contributed by atoms with E-state index in [9.17, 15) is 14.7 Å². The standard InChI is InChI=1S/C21H27N3O3/c1-4-16(5-2)24-14(3)17(11-22-24)20(25)23-12-18(19(13-23)21(26)27)15-9-7-6-8-10-15/h6-11,16,18-19H,4-5,12-13H2,1-3H3,(H,26,27). The van der Waals surface area contributed by atoms with Crippen molar-refractivity contribution >= 4 is 11.9 Å². The normalized spacial score (nSPS) is 19.6. The summed E-state index contributed by atoms with van der Waals surface area (Å²) in [4.78, 5) is 26.5. The van der Waals surface area contributed by atoms with Crippen molar-refractivity contribution in [3.8, 4) is 0 Å². The first kappa shape index (κ1) is 19.1. The van der Waals surface area contributed by atoms with Gasteiger partial charge in [0.05, 0.1) is 23.7 Å². The summed E-state index contributed by atoms with van der Waals surface area (Å²) < 4.78 is 1.92. The summed E-state index contributed by atoms with van der Waals surface area (Å²) >= 11 is 0. The number of aromatic nitrogens is 2. The average Bonchev–Trinajstić information content (AvgIpc) is 3.28. The second-order valence-electron chi connectivity index (χ2n) is 7.23. The summed E-state index contributed by atoms with van der Waals surface area (Å²) in [6, 6.07) is 9.86. The molecule has 1 aromatic carbocycles. The molecule has 0 aliphatic carbocycles. The lowest BCUT2D eigenvalue weighted by Gasteiger charge is -2.18. The maximum absolute atomic E-state index is 13.1. The monoisotopic (exact) mass is 369 g/mol. The van der Waals surface area contributed by atoms with Gasteiger partial charge in [-0.3, -0.25) is 14.3 Å². The zero-order valence-corrected chi connectivity index (χ0v) is 16.1. The Morgan fingerprint density at radius 2 is 1.85 bits per heavy atom. The number of likely N-dealkylation sites (tertiary alicyclic amines) is 1. The SMILES string of the molecule is CCC(CC)n1ncc(C(=O)N2CC(C(=O)O)C(c3ccccc3)C2)c1C. The number of nitrogens with zero attached hydrogens (tertiary/aromatic N) is 3. The lowest BCUT2D eigenvalue weighted by Crippen LogP contribution is -2.30. The van der Waals surface area contributed by atoms with Crippen LogP contribution in [0.4, 0.5) is 0 Å². The first-order valence-corrected chi connectivity index (χ1v) is 9.59. The third kappa shape index (κ3) is 3.61. The lowest BCUT2D eigenvalue weighted by molar-refractivity contribution is -0.141. The molecule has 0 saturated carbocycles. The van der Waals surface area contributed by atoms with Crippen molar-refractivity contribution in [1.82, 2.24) is 14.7 Å². The largest absolute Gasteiger partial charge is 0.481 e. The summed E-state index contributed by atoms with van der Waals surface area (Å²) in [5.41, 5.74) is 2.38. The van der Waals surface area contributed by atoms with E-state index >= 15 is 0 Å². The maximum atomic E-state index is 13.1. The van der Waals surface area contributed by atoms with Crippen LogP contribution < -0.4 is 0 Å². The van der Waals surface area contributed by atoms with Crippen molar-refractivity contribution in [2.24, 2.45) is 5.92 Å². The number of carbonyl (C=O) groups is 2. The first-order valence-electron chi connectivity index (χ1n) is 9.59. The highest BCUT2D eigenvalue weighted by atomic mass is 16.4. The molecule has 1 N–H and O–H groups in total. The van der Waals surface area contributed by atoms with Crippen LogP contribution in [-0.2, 0) is 4.79 Å². The molecule has 2 unspecified atom stereocenters. The molecule has 27 heavy (non-hydrogen) atoms. The van der Waals surface area contributed by atoms with E-state index in [0.29, 0.717) is 12.1 Å². The number of hydrogen-bond donors (Lipinski definition) is 1. The van der Waals surface area contributed by atoms with Crippen molar-refractivity contribution in [3.63, 3.8) is 0 Å². The number of carboxylic acid groups (broad SMARTS) is 1. The Labute approximate surface area is 159 Å². The van der Waals surface area contributed by atoms with Crippen molar-refractivity contribution < 1.29 is 14.7 Å². The van der Waals surface area contributed by atoms with Gasteiger partial charge in [-0.2, -0.15) is 5.10 Å². The average molecular weight is 369 g/mol. The minimum Gasteiger partial charge on any atom is -0.481 e. The number of amides is 1. The van der Waals surface area contributed by atoms with E-state index < -0.39 is 11.9 Å². The molecule has 1 amide bonds. The van der Waals surface area contributed by atoms with Gasteiger partial charge < -0.3 is 10.0 Å². The summed E-state index contributed by atoms with van der Waals surface area (Å²) in [7, 11) is 0. The minimum absolute atomic E-state index is 0.130. The molecule has 6 nitrogen and oxygen atoms in total. The van der Waals surface area contributed by atoms with Gasteiger partial charge in [-0.15, -0.1) is 0 Å². The van der Waals surface area contributed by atoms with Crippen LogP contribution in [0.5, 0.6) is 0 Å². The van der Waals surface area contributed by atoms with Crippen molar-refractivity contribution in [2.75, 3.05) is 13.1 Å². The third-order valence-corrected chi connectivity index (χ3v) is 5.72. The van der Waals surface area contributed by atoms with Gasteiger partial charge in [-0.1, -0.05) is 44.2 Å². The van der Waals surface area contributed by atoms with Crippen LogP contribution in [0.3, 0.4) is 0 Å². The molecule has 144 valence electrons. The second kappa shape index (κ2) is 7.94. The van der Waals surface area contributed by atoms with E-state index in [1.165, 1.54) is 0 Å². The fourth-order valence-electron chi connectivity index (χ4n) is 4.06. The Morgan fingerprint density at radius 1 is 1.19 bits per heavy atom. The highest BCUT2D eigenvalue weighted by molar-refractivity contribution is 5.95. The Bertz CT molecular complexity index is 811. The Kier molecular flexibility index (Phi) is 5.63. The number of aliphatic carboxylic acids is 1. The van der Waals surface area contributed by atoms with Crippen LogP contribution in [0.25, 0.3) is 0 Å². The molecule has 2 atom stereocenters. The van der Waals surface area contributed by atoms with Crippen LogP contribution in [-0.4, -0.2) is 44.8 Å². The summed E-state index contributed by atoms with van der Waals surface area (Å²) in [5.74, 6) is -1.77. The number of rotatable bonds is 6. The highest BCUT2D eigenvalue weighted by Crippen LogP contribution is 2.34. The summed E-state index contributed by atoms with van der Waals surface area (Å²) in [6.45, 7) is 6.77. The van der Waals surface area contributed by atoms with E-state index in [0.717, 1.165) is 24.1 Å². The maximum Gasteiger partial charge on any atom is 0.308 e. The molecule has 3 rings (SSSR count). The van der Waals surface area contributed by atoms with Gasteiger partial charge in [-0.25, -0.2) is 0 Å². The minimum atomic E-state index is -0.858. The van der Waals surface area contributed by atoms with Gasteiger partial charge in [0.1, 0.15) is 0 Å². The molecular weight excluding hydrogens is 342 g/mol. The molecule has 2 heterocycles. The number of carboxylic acids is 1. The van der Waals surface area contributed by atoms with Crippen molar-refractivity contribution in [3.05, 3.63) is 53.3 Å². The molecule has 0 bridgehead atoms. The van der Waals surface area contributed by atoms with E-state index in [-0.39, 0.29) is 24.4 Å². The number of hydrogen-bond acceptors (Lipinski definition) is 3. The van der Waals surface area contributed by atoms with Gasteiger partial charge in [0, 0.05) is 24.7 Å². The number of benzene rings is 1. The van der Waals surface area contributed by atoms with Gasteiger partial charge in [0.2, 0.25) is 0 Å². The van der Waals surface area contributed by atoms with Gasteiger partial charge in [0.25, 0.3) is 5.91 Å². The quantitative estimate of drug-likeness (QED) is 0.846. The Morgan fingerprint density at radius 3 is 2.44 bits per heavy atom. The predicted octanol–water partition coefficient (Wildman–Crippen LogP) is 3.49. The van der Waals surface area contributed by atoms with Crippen molar-refractivity contribution in [1.29, 1.82) is 0 Å². The van der Waals surface area contributed by atoms with Crippen LogP contribution in [0, 0.1) is 12.8 Å². The lowest BCUT2D eigenvalue weighted by atomic mass is 9.89. The van der Waals surface area contributed by atoms with Crippen LogP contribution in [0.15, 0.2) is 36.5 Å². The summed E-state index contributed by atoms with van der Waals surface area (Å²) in [5, 5.41) is 14.1. The fourth-order valence-corrected chi connectivity index (χ4v) is 4.06. The van der Waals surface area contributed by atoms with Gasteiger partial charge >= 0.3 is 5.97 Å². The molecule has 1 aliphatic heterocycles. The van der Waals surface area contributed by atoms with Gasteiger partial charge in [0.15, 0.2) is 0 Å². The van der Waals surface area contributed by atoms with Crippen LogP contribution >= 0.6 is 0 Å². The van der Waals surface area contributed by atoms with E-state index in [1.807, 2.05) is 41.9 Å². The van der Waals surface area contributed by atoms with Crippen molar-refractivity contribution in [2.45, 2.75) is 45.6 Å². The molecule has 0 spiro atoms. The molecule has 1 fully saturated rings. The number of carbonyl (C=O) groups excluding carboxylic acids is 1. The van der Waals surface area contributed by atoms with Crippen LogP contribution in [0.1, 0.15) is 60.3 Å². The zero-order chi connectivity index (χ0) is 19.6. The van der Waals surface area contributed by atoms with E-state index in [4.69, 9.17) is 0 Å². The van der Waals surface area contributed by atoms with E-state index in [1.54, 1.807) is 11.1 Å². The Balaban J connectivity index is 1.85. The smallest absolute Gasteiger partial charge is 0.308 e. The zero-order valence-electron chi connectivity index (χ0n) is 16.1. The molecule has 1 aliphatic rings. The first-order chi connectivity index (χ1) is 13.0. The predicted molar refractivity (Wildman–Crippen MR) is 103 cm³/mol. The molecule has 1 saturated heterocycles. The van der Waals surface area contributed by atoms with E-state index in [2.05, 4.69) is 18.9 Å². The molecule has 6 heteroatoms. The summed E-state index contributed by atoms with van der Waals surface area (Å²) in [6.07, 6.45) is 3.53. The third-order valence-electron chi connectivity index (χ3n) is 5.72. The molecular formula is C21H27N3O3. The van der Waals surface area contributed by atoms with Crippen LogP contribution in [0.2, 0.25) is 0 Å². The fraction of sp³-hybridized carbons (Fsp3) is 0.476. The Hall–Kier alpha value is -2.63. The molecule has 0 radical (unpaired) electrons. The second-order valence-corrected chi connectivity index (χ2v) is 7.23.